The van der Waals surface area contributed by atoms with Crippen molar-refractivity contribution < 1.29 is 13.7 Å². The molecule has 1 fully saturated rings. The maximum atomic E-state index is 13.4. The van der Waals surface area contributed by atoms with Crippen molar-refractivity contribution in [2.24, 2.45) is 0 Å². The molecule has 19 heavy (non-hydrogen) atoms. The van der Waals surface area contributed by atoms with Crippen molar-refractivity contribution in [2.75, 3.05) is 23.8 Å². The number of halogens is 1. The average Bonchev–Trinajstić information content (AvgIpc) is 2.93. The summed E-state index contributed by atoms with van der Waals surface area (Å²) in [6, 6.07) is 4.40. The van der Waals surface area contributed by atoms with Crippen molar-refractivity contribution in [1.82, 2.24) is 10.1 Å². The van der Waals surface area contributed by atoms with Gasteiger partial charge in [-0.05, 0) is 18.2 Å². The van der Waals surface area contributed by atoms with E-state index < -0.39 is 5.82 Å². The van der Waals surface area contributed by atoms with E-state index in [9.17, 15) is 4.39 Å². The third-order valence-corrected chi connectivity index (χ3v) is 3.79. The third-order valence-electron chi connectivity index (χ3n) is 2.79. The number of thioether (sulfide) groups is 1. The first kappa shape index (κ1) is 12.4. The Morgan fingerprint density at radius 1 is 1.42 bits per heavy atom. The van der Waals surface area contributed by atoms with Crippen LogP contribution in [0.1, 0.15) is 11.9 Å². The summed E-state index contributed by atoms with van der Waals surface area (Å²) in [6.07, 6.45) is -0.158. The lowest BCUT2D eigenvalue weighted by molar-refractivity contribution is 0.0677. The Morgan fingerprint density at radius 2 is 2.32 bits per heavy atom. The van der Waals surface area contributed by atoms with Gasteiger partial charge < -0.3 is 15.0 Å². The van der Waals surface area contributed by atoms with Gasteiger partial charge in [0.05, 0.1) is 12.3 Å². The minimum atomic E-state index is -0.498. The first-order valence-corrected chi connectivity index (χ1v) is 6.98. The summed E-state index contributed by atoms with van der Waals surface area (Å²) in [7, 11) is 0. The number of nitrogens with zero attached hydrogens (tertiary/aromatic N) is 2. The van der Waals surface area contributed by atoms with E-state index >= 15 is 0 Å². The molecule has 0 aliphatic carbocycles. The van der Waals surface area contributed by atoms with Crippen LogP contribution in [0.15, 0.2) is 22.7 Å². The van der Waals surface area contributed by atoms with Gasteiger partial charge in [0.15, 0.2) is 0 Å². The molecule has 1 atom stereocenters. The van der Waals surface area contributed by atoms with E-state index in [2.05, 4.69) is 10.1 Å². The van der Waals surface area contributed by atoms with E-state index in [1.54, 1.807) is 17.8 Å². The topological polar surface area (TPSA) is 74.2 Å². The number of hydrogen-bond donors (Lipinski definition) is 1. The summed E-state index contributed by atoms with van der Waals surface area (Å²) < 4.78 is 24.1. The Morgan fingerprint density at radius 3 is 3.05 bits per heavy atom. The zero-order chi connectivity index (χ0) is 13.2. The maximum Gasteiger partial charge on any atom is 0.258 e. The molecule has 3 rings (SSSR count). The predicted octanol–water partition coefficient (Wildman–Crippen LogP) is 2.26. The molecule has 2 heterocycles. The SMILES string of the molecule is Nc1ccc(-c2nc(C3CSCCO3)no2)cc1F. The fraction of sp³-hybridized carbons (Fsp3) is 0.333. The molecule has 0 radical (unpaired) electrons. The van der Waals surface area contributed by atoms with E-state index in [-0.39, 0.29) is 17.7 Å². The lowest BCUT2D eigenvalue weighted by atomic mass is 10.2. The predicted molar refractivity (Wildman–Crippen MR) is 70.1 cm³/mol. The van der Waals surface area contributed by atoms with Gasteiger partial charge >= 0.3 is 0 Å². The molecule has 100 valence electrons. The van der Waals surface area contributed by atoms with Crippen molar-refractivity contribution in [3.8, 4) is 11.5 Å². The lowest BCUT2D eigenvalue weighted by Gasteiger charge is -2.18. The van der Waals surface area contributed by atoms with E-state index in [0.29, 0.717) is 18.0 Å². The fourth-order valence-electron chi connectivity index (χ4n) is 1.78. The second-order valence-corrected chi connectivity index (χ2v) is 5.28. The fourth-order valence-corrected chi connectivity index (χ4v) is 2.62. The van der Waals surface area contributed by atoms with Gasteiger partial charge in [-0.15, -0.1) is 0 Å². The normalized spacial score (nSPS) is 19.5. The Balaban J connectivity index is 1.85. The highest BCUT2D eigenvalue weighted by Gasteiger charge is 2.22. The van der Waals surface area contributed by atoms with Gasteiger partial charge in [-0.3, -0.25) is 0 Å². The smallest absolute Gasteiger partial charge is 0.258 e. The van der Waals surface area contributed by atoms with Crippen LogP contribution in [0, 0.1) is 5.82 Å². The molecular weight excluding hydrogens is 269 g/mol. The second-order valence-electron chi connectivity index (χ2n) is 4.13. The minimum Gasteiger partial charge on any atom is -0.396 e. The molecule has 0 bridgehead atoms. The van der Waals surface area contributed by atoms with Crippen LogP contribution < -0.4 is 5.73 Å². The molecule has 2 aromatic rings. The van der Waals surface area contributed by atoms with Crippen LogP contribution in [0.4, 0.5) is 10.1 Å². The minimum absolute atomic E-state index is 0.0931. The number of aromatic nitrogens is 2. The third kappa shape index (κ3) is 2.57. The highest BCUT2D eigenvalue weighted by atomic mass is 32.2. The molecule has 1 aromatic carbocycles. The molecule has 0 amide bonds. The molecule has 1 unspecified atom stereocenters. The van der Waals surface area contributed by atoms with Crippen molar-refractivity contribution in [2.45, 2.75) is 6.10 Å². The highest BCUT2D eigenvalue weighted by Crippen LogP contribution is 2.27. The molecule has 7 heteroatoms. The van der Waals surface area contributed by atoms with E-state index in [1.807, 2.05) is 0 Å². The molecule has 5 nitrogen and oxygen atoms in total. The number of rotatable bonds is 2. The summed E-state index contributed by atoms with van der Waals surface area (Å²) in [5.41, 5.74) is 6.03. The van der Waals surface area contributed by atoms with Crippen LogP contribution in [0.2, 0.25) is 0 Å². The Kier molecular flexibility index (Phi) is 3.39. The molecule has 1 aromatic heterocycles. The molecule has 1 aliphatic rings. The first-order valence-electron chi connectivity index (χ1n) is 5.82. The summed E-state index contributed by atoms with van der Waals surface area (Å²) in [5, 5.41) is 3.89. The maximum absolute atomic E-state index is 13.4. The van der Waals surface area contributed by atoms with Crippen LogP contribution in [-0.4, -0.2) is 28.3 Å². The number of anilines is 1. The van der Waals surface area contributed by atoms with Crippen molar-refractivity contribution in [3.63, 3.8) is 0 Å². The average molecular weight is 281 g/mol. The van der Waals surface area contributed by atoms with Crippen LogP contribution >= 0.6 is 11.8 Å². The summed E-state index contributed by atoms with van der Waals surface area (Å²) in [4.78, 5) is 4.25. The van der Waals surface area contributed by atoms with Crippen LogP contribution in [-0.2, 0) is 4.74 Å². The van der Waals surface area contributed by atoms with Crippen LogP contribution in [0.25, 0.3) is 11.5 Å². The number of nitrogens with two attached hydrogens (primary N) is 1. The van der Waals surface area contributed by atoms with Crippen molar-refractivity contribution >= 4 is 17.4 Å². The lowest BCUT2D eigenvalue weighted by Crippen LogP contribution is -2.16. The molecule has 1 aliphatic heterocycles. The summed E-state index contributed by atoms with van der Waals surface area (Å²) in [5.74, 6) is 2.05. The number of nitrogen functional groups attached to an aromatic ring is 1. The molecular formula is C12H12FN3O2S. The van der Waals surface area contributed by atoms with Crippen LogP contribution in [0.5, 0.6) is 0 Å². The van der Waals surface area contributed by atoms with Gasteiger partial charge in [0.25, 0.3) is 5.89 Å². The van der Waals surface area contributed by atoms with E-state index in [0.717, 1.165) is 11.5 Å². The number of benzene rings is 1. The summed E-state index contributed by atoms with van der Waals surface area (Å²) in [6.45, 7) is 0.676. The molecule has 2 N–H and O–H groups in total. The molecule has 0 spiro atoms. The van der Waals surface area contributed by atoms with Gasteiger partial charge in [0, 0.05) is 17.1 Å². The quantitative estimate of drug-likeness (QED) is 0.851. The van der Waals surface area contributed by atoms with E-state index in [4.69, 9.17) is 15.0 Å². The second kappa shape index (κ2) is 5.18. The van der Waals surface area contributed by atoms with Gasteiger partial charge in [-0.1, -0.05) is 5.16 Å². The highest BCUT2D eigenvalue weighted by molar-refractivity contribution is 7.99. The zero-order valence-electron chi connectivity index (χ0n) is 10.0. The Labute approximate surface area is 113 Å². The Hall–Kier alpha value is -1.60. The standard InChI is InChI=1S/C12H12FN3O2S/c13-8-5-7(1-2-9(8)14)12-15-11(16-18-12)10-6-19-4-3-17-10/h1-2,5,10H,3-4,6,14H2. The Bertz CT molecular complexity index is 584. The van der Waals surface area contributed by atoms with Gasteiger partial charge in [0.2, 0.25) is 5.82 Å². The van der Waals surface area contributed by atoms with Gasteiger partial charge in [0.1, 0.15) is 11.9 Å². The van der Waals surface area contributed by atoms with Crippen LogP contribution in [0.3, 0.4) is 0 Å². The van der Waals surface area contributed by atoms with E-state index in [1.165, 1.54) is 12.1 Å². The van der Waals surface area contributed by atoms with Crippen molar-refractivity contribution in [1.29, 1.82) is 0 Å². The van der Waals surface area contributed by atoms with Gasteiger partial charge in [-0.2, -0.15) is 16.7 Å². The molecule has 1 saturated heterocycles. The zero-order valence-corrected chi connectivity index (χ0v) is 10.8. The number of ether oxygens (including phenoxy) is 1. The monoisotopic (exact) mass is 281 g/mol. The number of hydrogen-bond acceptors (Lipinski definition) is 6. The summed E-state index contributed by atoms with van der Waals surface area (Å²) >= 11 is 1.78. The van der Waals surface area contributed by atoms with Gasteiger partial charge in [-0.25, -0.2) is 4.39 Å². The molecule has 0 saturated carbocycles. The first-order chi connectivity index (χ1) is 9.24. The van der Waals surface area contributed by atoms with Crippen molar-refractivity contribution in [3.05, 3.63) is 29.8 Å². The largest absolute Gasteiger partial charge is 0.396 e.